The summed E-state index contributed by atoms with van der Waals surface area (Å²) in [6, 6.07) is 8.47. The summed E-state index contributed by atoms with van der Waals surface area (Å²) >= 11 is 6.47. The summed E-state index contributed by atoms with van der Waals surface area (Å²) in [4.78, 5) is 29.5. The van der Waals surface area contributed by atoms with E-state index in [4.69, 9.17) is 16.6 Å². The maximum Gasteiger partial charge on any atom is 0.317 e. The molecule has 2 aromatic heterocycles. The van der Waals surface area contributed by atoms with Crippen molar-refractivity contribution in [3.8, 4) is 11.3 Å². The fourth-order valence-corrected chi connectivity index (χ4v) is 4.97. The number of likely N-dealkylation sites (tertiary alicyclic amines) is 2. The zero-order chi connectivity index (χ0) is 22.8. The highest BCUT2D eigenvalue weighted by Gasteiger charge is 2.27. The van der Waals surface area contributed by atoms with Gasteiger partial charge in [0.15, 0.2) is 0 Å². The molecule has 3 aromatic rings. The van der Waals surface area contributed by atoms with Gasteiger partial charge in [0.25, 0.3) is 0 Å². The van der Waals surface area contributed by atoms with E-state index in [1.54, 1.807) is 6.20 Å². The Balaban J connectivity index is 1.25. The number of carbonyl (C=O) groups is 1. The molecule has 3 N–H and O–H groups in total. The topological polar surface area (TPSA) is 89.2 Å². The van der Waals surface area contributed by atoms with Crippen LogP contribution in [0.25, 0.3) is 22.2 Å². The number of urea groups is 1. The zero-order valence-electron chi connectivity index (χ0n) is 18.9. The van der Waals surface area contributed by atoms with E-state index in [9.17, 15) is 4.79 Å². The fourth-order valence-electron chi connectivity index (χ4n) is 4.77. The Bertz CT molecular complexity index is 1120. The van der Waals surface area contributed by atoms with Crippen LogP contribution in [0, 0.1) is 0 Å². The quantitative estimate of drug-likeness (QED) is 0.540. The third-order valence-electron chi connectivity index (χ3n) is 6.68. The van der Waals surface area contributed by atoms with Gasteiger partial charge in [0.05, 0.1) is 16.9 Å². The Morgan fingerprint density at radius 1 is 1.15 bits per heavy atom. The minimum absolute atomic E-state index is 0.0348. The molecule has 0 aliphatic carbocycles. The number of rotatable bonds is 4. The van der Waals surface area contributed by atoms with Crippen LogP contribution >= 0.6 is 11.6 Å². The first-order valence-corrected chi connectivity index (χ1v) is 12.0. The molecule has 33 heavy (non-hydrogen) atoms. The van der Waals surface area contributed by atoms with E-state index in [1.165, 1.54) is 0 Å². The number of piperidine rings is 2. The maximum atomic E-state index is 12.8. The van der Waals surface area contributed by atoms with Crippen LogP contribution in [0.15, 0.2) is 36.7 Å². The molecule has 0 bridgehead atoms. The molecule has 2 aliphatic heterocycles. The van der Waals surface area contributed by atoms with Gasteiger partial charge in [-0.15, -0.1) is 0 Å². The summed E-state index contributed by atoms with van der Waals surface area (Å²) in [6.45, 7) is 3.47. The van der Waals surface area contributed by atoms with E-state index in [0.717, 1.165) is 61.8 Å². The fraction of sp³-hybridized carbons (Fsp3) is 0.458. The molecule has 8 nitrogen and oxygen atoms in total. The number of para-hydroxylation sites is 1. The molecular weight excluding hydrogens is 438 g/mol. The number of nitrogens with zero attached hydrogens (tertiary/aromatic N) is 4. The van der Waals surface area contributed by atoms with Crippen molar-refractivity contribution in [3.63, 3.8) is 0 Å². The van der Waals surface area contributed by atoms with Crippen molar-refractivity contribution in [2.75, 3.05) is 38.5 Å². The first-order valence-electron chi connectivity index (χ1n) is 11.7. The Hall–Kier alpha value is -2.84. The number of amides is 2. The molecule has 1 aromatic carbocycles. The Labute approximate surface area is 198 Å². The Morgan fingerprint density at radius 2 is 1.97 bits per heavy atom. The number of carbonyl (C=O) groups excluding carboxylic acids is 1. The monoisotopic (exact) mass is 467 g/mol. The van der Waals surface area contributed by atoms with E-state index in [-0.39, 0.29) is 18.1 Å². The van der Waals surface area contributed by atoms with Crippen LogP contribution < -0.4 is 10.6 Å². The molecule has 4 heterocycles. The standard InChI is InChI=1S/C24H30ClN7O/c1-31-11-8-16(9-12-31)29-24(33)32-10-4-5-17(15-32)28-23-27-14-20(25)22(30-23)19-13-26-21-7-3-2-6-18(19)21/h2-3,6-7,13-14,16-17,26H,4-5,8-12,15H2,1H3,(H,29,33)(H,27,28,30). The molecule has 2 fully saturated rings. The predicted molar refractivity (Wildman–Crippen MR) is 132 cm³/mol. The van der Waals surface area contributed by atoms with Gasteiger partial charge in [-0.2, -0.15) is 0 Å². The largest absolute Gasteiger partial charge is 0.360 e. The molecule has 9 heteroatoms. The van der Waals surface area contributed by atoms with Gasteiger partial charge >= 0.3 is 6.03 Å². The average Bonchev–Trinajstić information content (AvgIpc) is 3.26. The van der Waals surface area contributed by atoms with Gasteiger partial charge in [0.1, 0.15) is 0 Å². The molecule has 2 aliphatic rings. The van der Waals surface area contributed by atoms with Crippen LogP contribution in [0.2, 0.25) is 5.02 Å². The SMILES string of the molecule is CN1CCC(NC(=O)N2CCCC(Nc3ncc(Cl)c(-c4c[nH]c5ccccc45)n3)C2)CC1. The lowest BCUT2D eigenvalue weighted by Crippen LogP contribution is -2.53. The molecule has 0 saturated carbocycles. The number of nitrogens with one attached hydrogen (secondary N) is 3. The van der Waals surface area contributed by atoms with Crippen molar-refractivity contribution in [2.45, 2.75) is 37.8 Å². The molecule has 0 radical (unpaired) electrons. The molecule has 2 saturated heterocycles. The second-order valence-electron chi connectivity index (χ2n) is 9.09. The highest BCUT2D eigenvalue weighted by atomic mass is 35.5. The number of hydrogen-bond acceptors (Lipinski definition) is 5. The third-order valence-corrected chi connectivity index (χ3v) is 6.95. The number of benzene rings is 1. The second-order valence-corrected chi connectivity index (χ2v) is 9.50. The summed E-state index contributed by atoms with van der Waals surface area (Å²) in [5.74, 6) is 0.530. The second kappa shape index (κ2) is 9.57. The number of anilines is 1. The summed E-state index contributed by atoms with van der Waals surface area (Å²) < 4.78 is 0. The van der Waals surface area contributed by atoms with Crippen LogP contribution in [0.4, 0.5) is 10.7 Å². The lowest BCUT2D eigenvalue weighted by atomic mass is 10.0. The number of hydrogen-bond donors (Lipinski definition) is 3. The summed E-state index contributed by atoms with van der Waals surface area (Å²) in [5, 5.41) is 8.23. The van der Waals surface area contributed by atoms with Crippen LogP contribution in [-0.4, -0.2) is 76.1 Å². The van der Waals surface area contributed by atoms with Crippen molar-refractivity contribution >= 4 is 34.5 Å². The Morgan fingerprint density at radius 3 is 2.82 bits per heavy atom. The lowest BCUT2D eigenvalue weighted by molar-refractivity contribution is 0.168. The minimum atomic E-state index is 0.0348. The van der Waals surface area contributed by atoms with Crippen LogP contribution in [0.5, 0.6) is 0 Å². The predicted octanol–water partition coefficient (Wildman–Crippen LogP) is 3.96. The van der Waals surface area contributed by atoms with Gasteiger partial charge in [0.2, 0.25) is 5.95 Å². The lowest BCUT2D eigenvalue weighted by Gasteiger charge is -2.36. The first kappa shape index (κ1) is 22.0. The van der Waals surface area contributed by atoms with Crippen LogP contribution in [0.1, 0.15) is 25.7 Å². The summed E-state index contributed by atoms with van der Waals surface area (Å²) in [6.07, 6.45) is 7.49. The van der Waals surface area contributed by atoms with Crippen molar-refractivity contribution < 1.29 is 4.79 Å². The number of fused-ring (bicyclic) bond motifs is 1. The van der Waals surface area contributed by atoms with Gasteiger partial charge in [-0.05, 0) is 51.9 Å². The van der Waals surface area contributed by atoms with Crippen molar-refractivity contribution in [1.29, 1.82) is 0 Å². The van der Waals surface area contributed by atoms with E-state index in [2.05, 4.69) is 38.6 Å². The number of aromatic nitrogens is 3. The van der Waals surface area contributed by atoms with Gasteiger partial charge in [0, 0.05) is 47.8 Å². The average molecular weight is 468 g/mol. The van der Waals surface area contributed by atoms with Gasteiger partial charge in [-0.1, -0.05) is 29.8 Å². The summed E-state index contributed by atoms with van der Waals surface area (Å²) in [7, 11) is 2.13. The minimum Gasteiger partial charge on any atom is -0.360 e. The first-order chi connectivity index (χ1) is 16.1. The van der Waals surface area contributed by atoms with E-state index in [0.29, 0.717) is 23.2 Å². The molecule has 5 rings (SSSR count). The van der Waals surface area contributed by atoms with Gasteiger partial charge in [-0.3, -0.25) is 0 Å². The molecule has 1 unspecified atom stereocenters. The Kier molecular flexibility index (Phi) is 6.37. The highest BCUT2D eigenvalue weighted by molar-refractivity contribution is 6.33. The maximum absolute atomic E-state index is 12.8. The van der Waals surface area contributed by atoms with Crippen molar-refractivity contribution in [2.24, 2.45) is 0 Å². The summed E-state index contributed by atoms with van der Waals surface area (Å²) in [5.41, 5.74) is 2.68. The molecule has 1 atom stereocenters. The van der Waals surface area contributed by atoms with Crippen LogP contribution in [-0.2, 0) is 0 Å². The van der Waals surface area contributed by atoms with Crippen molar-refractivity contribution in [3.05, 3.63) is 41.7 Å². The number of halogens is 1. The van der Waals surface area contributed by atoms with Crippen LogP contribution in [0.3, 0.4) is 0 Å². The number of aromatic amines is 1. The van der Waals surface area contributed by atoms with Crippen molar-refractivity contribution in [1.82, 2.24) is 30.1 Å². The smallest absolute Gasteiger partial charge is 0.317 e. The molecule has 2 amide bonds. The third kappa shape index (κ3) is 4.91. The molecule has 0 spiro atoms. The molecule has 174 valence electrons. The van der Waals surface area contributed by atoms with E-state index in [1.807, 2.05) is 29.3 Å². The number of H-pyrrole nitrogens is 1. The molecular formula is C24H30ClN7O. The van der Waals surface area contributed by atoms with E-state index < -0.39 is 0 Å². The van der Waals surface area contributed by atoms with Gasteiger partial charge < -0.3 is 25.4 Å². The van der Waals surface area contributed by atoms with Gasteiger partial charge in [-0.25, -0.2) is 14.8 Å². The highest BCUT2D eigenvalue weighted by Crippen LogP contribution is 2.32. The van der Waals surface area contributed by atoms with E-state index >= 15 is 0 Å². The zero-order valence-corrected chi connectivity index (χ0v) is 19.6. The normalized spacial score (nSPS) is 20.2.